The topological polar surface area (TPSA) is 66.5 Å². The minimum Gasteiger partial charge on any atom is -0.496 e. The molecule has 0 saturated carbocycles. The van der Waals surface area contributed by atoms with Crippen LogP contribution in [0.5, 0.6) is 11.5 Å². The van der Waals surface area contributed by atoms with Gasteiger partial charge in [0.1, 0.15) is 23.7 Å². The lowest BCUT2D eigenvalue weighted by molar-refractivity contribution is 0.389. The molecule has 7 heteroatoms. The Morgan fingerprint density at radius 3 is 2.73 bits per heavy atom. The zero-order valence-corrected chi connectivity index (χ0v) is 14.9. The molecule has 1 aromatic carbocycles. The highest BCUT2D eigenvalue weighted by molar-refractivity contribution is 5.69. The molecule has 0 aliphatic carbocycles. The fourth-order valence-corrected chi connectivity index (χ4v) is 3.21. The molecule has 0 unspecified atom stereocenters. The average Bonchev–Trinajstić information content (AvgIpc) is 3.31. The molecule has 0 aliphatic heterocycles. The van der Waals surface area contributed by atoms with Crippen LogP contribution in [0.15, 0.2) is 49.1 Å². The number of pyridine rings is 1. The number of nitrogens with zero attached hydrogens (tertiary/aromatic N) is 5. The van der Waals surface area contributed by atoms with E-state index in [0.29, 0.717) is 6.54 Å². The van der Waals surface area contributed by atoms with Crippen LogP contribution in [-0.2, 0) is 6.54 Å². The second-order valence-electron chi connectivity index (χ2n) is 5.90. The zero-order chi connectivity index (χ0) is 18.1. The van der Waals surface area contributed by atoms with Gasteiger partial charge < -0.3 is 14.0 Å². The van der Waals surface area contributed by atoms with Crippen LogP contribution in [0.2, 0.25) is 0 Å². The van der Waals surface area contributed by atoms with Crippen LogP contribution >= 0.6 is 0 Å². The summed E-state index contributed by atoms with van der Waals surface area (Å²) >= 11 is 0. The van der Waals surface area contributed by atoms with Crippen molar-refractivity contribution in [2.24, 2.45) is 0 Å². The lowest BCUT2D eigenvalue weighted by Gasteiger charge is -2.15. The third kappa shape index (κ3) is 2.57. The average molecular weight is 349 g/mol. The van der Waals surface area contributed by atoms with Crippen molar-refractivity contribution in [2.45, 2.75) is 13.5 Å². The standard InChI is InChI=1S/C19H19N5O2/c1-13-16(25-2)8-7-15(18(13)26-3)19-20-9-10-23(19)11-14-5-4-6-17-21-12-22-24(14)17/h4-10,12H,11H2,1-3H3. The summed E-state index contributed by atoms with van der Waals surface area (Å²) in [6.45, 7) is 2.59. The Morgan fingerprint density at radius 1 is 1.04 bits per heavy atom. The monoisotopic (exact) mass is 349 g/mol. The molecule has 0 atom stereocenters. The first-order valence-electron chi connectivity index (χ1n) is 8.23. The Labute approximate surface area is 150 Å². The van der Waals surface area contributed by atoms with Crippen LogP contribution in [0.1, 0.15) is 11.3 Å². The van der Waals surface area contributed by atoms with Gasteiger partial charge in [-0.05, 0) is 31.2 Å². The largest absolute Gasteiger partial charge is 0.496 e. The number of benzene rings is 1. The number of hydrogen-bond donors (Lipinski definition) is 0. The Kier molecular flexibility index (Phi) is 4.04. The molecule has 0 aliphatic rings. The van der Waals surface area contributed by atoms with E-state index in [9.17, 15) is 0 Å². The Morgan fingerprint density at radius 2 is 1.92 bits per heavy atom. The number of hydrogen-bond acceptors (Lipinski definition) is 5. The van der Waals surface area contributed by atoms with Crippen LogP contribution < -0.4 is 9.47 Å². The summed E-state index contributed by atoms with van der Waals surface area (Å²) in [7, 11) is 3.32. The molecule has 26 heavy (non-hydrogen) atoms. The van der Waals surface area contributed by atoms with Gasteiger partial charge in [-0.3, -0.25) is 0 Å². The number of aromatic nitrogens is 5. The van der Waals surface area contributed by atoms with Gasteiger partial charge in [-0.1, -0.05) is 6.07 Å². The highest BCUT2D eigenvalue weighted by atomic mass is 16.5. The highest BCUT2D eigenvalue weighted by Crippen LogP contribution is 2.37. The second-order valence-corrected chi connectivity index (χ2v) is 5.90. The predicted octanol–water partition coefficient (Wildman–Crippen LogP) is 2.97. The van der Waals surface area contributed by atoms with Crippen molar-refractivity contribution in [3.63, 3.8) is 0 Å². The van der Waals surface area contributed by atoms with Crippen molar-refractivity contribution >= 4 is 5.65 Å². The molecule has 3 heterocycles. The summed E-state index contributed by atoms with van der Waals surface area (Å²) in [5, 5.41) is 4.30. The maximum atomic E-state index is 5.64. The van der Waals surface area contributed by atoms with Crippen molar-refractivity contribution < 1.29 is 9.47 Å². The fraction of sp³-hybridized carbons (Fsp3) is 0.211. The molecule has 0 amide bonds. The first kappa shape index (κ1) is 16.1. The molecule has 4 aromatic rings. The molecule has 0 bridgehead atoms. The SMILES string of the molecule is COc1ccc(-c2nccn2Cc2cccc3ncnn23)c(OC)c1C. The number of fused-ring (bicyclic) bond motifs is 1. The summed E-state index contributed by atoms with van der Waals surface area (Å²) in [5.41, 5.74) is 3.70. The normalized spacial score (nSPS) is 11.0. The minimum absolute atomic E-state index is 0.615. The van der Waals surface area contributed by atoms with E-state index >= 15 is 0 Å². The van der Waals surface area contributed by atoms with E-state index in [2.05, 4.69) is 19.6 Å². The van der Waals surface area contributed by atoms with Gasteiger partial charge in [0.15, 0.2) is 5.65 Å². The van der Waals surface area contributed by atoms with Crippen LogP contribution in [0.3, 0.4) is 0 Å². The number of ether oxygens (including phenoxy) is 2. The van der Waals surface area contributed by atoms with E-state index in [1.165, 1.54) is 0 Å². The van der Waals surface area contributed by atoms with Crippen molar-refractivity contribution in [1.82, 2.24) is 24.1 Å². The molecular weight excluding hydrogens is 330 g/mol. The molecule has 132 valence electrons. The van der Waals surface area contributed by atoms with E-state index in [1.54, 1.807) is 26.7 Å². The number of imidazole rings is 1. The molecule has 0 N–H and O–H groups in total. The van der Waals surface area contributed by atoms with Gasteiger partial charge in [0.25, 0.3) is 0 Å². The van der Waals surface area contributed by atoms with E-state index < -0.39 is 0 Å². The van der Waals surface area contributed by atoms with Gasteiger partial charge >= 0.3 is 0 Å². The molecule has 0 saturated heterocycles. The maximum absolute atomic E-state index is 5.64. The van der Waals surface area contributed by atoms with Crippen LogP contribution in [0, 0.1) is 6.92 Å². The molecule has 0 radical (unpaired) electrons. The molecule has 7 nitrogen and oxygen atoms in total. The molecule has 0 fully saturated rings. The van der Waals surface area contributed by atoms with Crippen molar-refractivity contribution in [3.8, 4) is 22.9 Å². The van der Waals surface area contributed by atoms with Gasteiger partial charge in [-0.25, -0.2) is 14.5 Å². The van der Waals surface area contributed by atoms with Crippen LogP contribution in [0.4, 0.5) is 0 Å². The summed E-state index contributed by atoms with van der Waals surface area (Å²) in [4.78, 5) is 8.79. The number of rotatable bonds is 5. The molecular formula is C19H19N5O2. The zero-order valence-electron chi connectivity index (χ0n) is 14.9. The summed E-state index contributed by atoms with van der Waals surface area (Å²) in [6.07, 6.45) is 5.30. The maximum Gasteiger partial charge on any atom is 0.155 e. The Hall–Kier alpha value is -3.35. The summed E-state index contributed by atoms with van der Waals surface area (Å²) < 4.78 is 14.9. The van der Waals surface area contributed by atoms with Crippen LogP contribution in [-0.4, -0.2) is 38.4 Å². The Balaban J connectivity index is 1.79. The molecule has 4 rings (SSSR count). The van der Waals surface area contributed by atoms with Gasteiger partial charge in [0.05, 0.1) is 32.0 Å². The van der Waals surface area contributed by atoms with Gasteiger partial charge in [0.2, 0.25) is 0 Å². The van der Waals surface area contributed by atoms with E-state index in [-0.39, 0.29) is 0 Å². The fourth-order valence-electron chi connectivity index (χ4n) is 3.21. The van der Waals surface area contributed by atoms with Crippen molar-refractivity contribution in [2.75, 3.05) is 14.2 Å². The Bertz CT molecular complexity index is 1070. The van der Waals surface area contributed by atoms with E-state index in [4.69, 9.17) is 9.47 Å². The third-order valence-corrected chi connectivity index (χ3v) is 4.45. The summed E-state index contributed by atoms with van der Waals surface area (Å²) in [5.74, 6) is 2.37. The third-order valence-electron chi connectivity index (χ3n) is 4.45. The van der Waals surface area contributed by atoms with Crippen LogP contribution in [0.25, 0.3) is 17.0 Å². The van der Waals surface area contributed by atoms with Gasteiger partial charge in [-0.2, -0.15) is 5.10 Å². The first-order valence-corrected chi connectivity index (χ1v) is 8.23. The van der Waals surface area contributed by atoms with Gasteiger partial charge in [0, 0.05) is 18.0 Å². The predicted molar refractivity (Wildman–Crippen MR) is 97.6 cm³/mol. The molecule has 0 spiro atoms. The molecule has 3 aromatic heterocycles. The van der Waals surface area contributed by atoms with Crippen molar-refractivity contribution in [3.05, 3.63) is 60.3 Å². The smallest absolute Gasteiger partial charge is 0.155 e. The van der Waals surface area contributed by atoms with Gasteiger partial charge in [-0.15, -0.1) is 0 Å². The van der Waals surface area contributed by atoms with E-state index in [1.807, 2.05) is 48.0 Å². The lowest BCUT2D eigenvalue weighted by Crippen LogP contribution is -2.07. The number of methoxy groups -OCH3 is 2. The first-order chi connectivity index (χ1) is 12.7. The lowest BCUT2D eigenvalue weighted by atomic mass is 10.1. The van der Waals surface area contributed by atoms with E-state index in [0.717, 1.165) is 39.8 Å². The second kappa shape index (κ2) is 6.51. The summed E-state index contributed by atoms with van der Waals surface area (Å²) in [6, 6.07) is 9.85. The highest BCUT2D eigenvalue weighted by Gasteiger charge is 2.17. The minimum atomic E-state index is 0.615. The van der Waals surface area contributed by atoms with Crippen molar-refractivity contribution in [1.29, 1.82) is 0 Å². The quantitative estimate of drug-likeness (QED) is 0.554.